The van der Waals surface area contributed by atoms with Gasteiger partial charge in [0.1, 0.15) is 0 Å². The Kier molecular flexibility index (Phi) is 1.66. The van der Waals surface area contributed by atoms with Crippen LogP contribution in [-0.4, -0.2) is 30.1 Å². The smallest absolute Gasteiger partial charge is 0.0110 e. The van der Waals surface area contributed by atoms with E-state index in [-0.39, 0.29) is 0 Å². The van der Waals surface area contributed by atoms with Crippen molar-refractivity contribution < 1.29 is 0 Å². The normalized spacial score (nSPS) is 41.7. The number of piperidine rings is 1. The highest BCUT2D eigenvalue weighted by Crippen LogP contribution is 2.25. The standard InChI is InChI=1S/C8H16N2/c9-7-3-5-10-4-1-2-8(10)6-7/h7-8H,1-6,9H2. The molecule has 2 heteroatoms. The van der Waals surface area contributed by atoms with Crippen molar-refractivity contribution in [1.82, 2.24) is 4.90 Å². The van der Waals surface area contributed by atoms with Crippen molar-refractivity contribution >= 4 is 0 Å². The van der Waals surface area contributed by atoms with Crippen molar-refractivity contribution in [3.05, 3.63) is 0 Å². The lowest BCUT2D eigenvalue weighted by Gasteiger charge is -2.32. The van der Waals surface area contributed by atoms with Crippen LogP contribution in [-0.2, 0) is 0 Å². The molecule has 0 aromatic rings. The van der Waals surface area contributed by atoms with E-state index in [1.807, 2.05) is 0 Å². The second-order valence-corrected chi connectivity index (χ2v) is 3.62. The molecule has 0 spiro atoms. The minimum Gasteiger partial charge on any atom is -0.328 e. The molecule has 0 aromatic carbocycles. The van der Waals surface area contributed by atoms with Gasteiger partial charge in [-0.05, 0) is 38.8 Å². The molecular formula is C8H16N2. The summed E-state index contributed by atoms with van der Waals surface area (Å²) >= 11 is 0. The highest BCUT2D eigenvalue weighted by atomic mass is 15.2. The third kappa shape index (κ3) is 1.06. The van der Waals surface area contributed by atoms with Gasteiger partial charge >= 0.3 is 0 Å². The first-order chi connectivity index (χ1) is 4.86. The Bertz CT molecular complexity index is 124. The summed E-state index contributed by atoms with van der Waals surface area (Å²) < 4.78 is 0. The molecule has 2 atom stereocenters. The van der Waals surface area contributed by atoms with Crippen LogP contribution in [0, 0.1) is 0 Å². The fourth-order valence-corrected chi connectivity index (χ4v) is 2.26. The highest BCUT2D eigenvalue weighted by Gasteiger charge is 2.29. The molecule has 10 heavy (non-hydrogen) atoms. The van der Waals surface area contributed by atoms with Gasteiger partial charge in [0.2, 0.25) is 0 Å². The van der Waals surface area contributed by atoms with E-state index in [2.05, 4.69) is 4.90 Å². The maximum atomic E-state index is 5.86. The monoisotopic (exact) mass is 140 g/mol. The van der Waals surface area contributed by atoms with Gasteiger partial charge < -0.3 is 10.6 Å². The molecule has 2 saturated heterocycles. The summed E-state index contributed by atoms with van der Waals surface area (Å²) in [5.41, 5.74) is 5.86. The number of fused-ring (bicyclic) bond motifs is 1. The number of nitrogens with zero attached hydrogens (tertiary/aromatic N) is 1. The minimum absolute atomic E-state index is 0.499. The molecule has 0 saturated carbocycles. The number of rotatable bonds is 0. The zero-order valence-electron chi connectivity index (χ0n) is 6.42. The molecule has 0 amide bonds. The average Bonchev–Trinajstić information content (AvgIpc) is 2.33. The summed E-state index contributed by atoms with van der Waals surface area (Å²) in [6.45, 7) is 2.59. The molecule has 0 bridgehead atoms. The molecule has 2 rings (SSSR count). The molecule has 0 aromatic heterocycles. The molecule has 2 heterocycles. The van der Waals surface area contributed by atoms with E-state index >= 15 is 0 Å². The average molecular weight is 140 g/mol. The Balaban J connectivity index is 1.96. The predicted octanol–water partition coefficient (Wildman–Crippen LogP) is 0.572. The van der Waals surface area contributed by atoms with Gasteiger partial charge in [0.25, 0.3) is 0 Å². The van der Waals surface area contributed by atoms with Crippen LogP contribution < -0.4 is 5.73 Å². The van der Waals surface area contributed by atoms with Crippen LogP contribution in [0.2, 0.25) is 0 Å². The number of hydrogen-bond acceptors (Lipinski definition) is 2. The van der Waals surface area contributed by atoms with E-state index in [9.17, 15) is 0 Å². The zero-order valence-corrected chi connectivity index (χ0v) is 6.42. The first-order valence-electron chi connectivity index (χ1n) is 4.36. The molecule has 2 aliphatic rings. The first kappa shape index (κ1) is 6.62. The maximum absolute atomic E-state index is 5.86. The van der Waals surface area contributed by atoms with Crippen molar-refractivity contribution in [3.8, 4) is 0 Å². The Morgan fingerprint density at radius 3 is 3.00 bits per heavy atom. The van der Waals surface area contributed by atoms with E-state index in [0.29, 0.717) is 6.04 Å². The Morgan fingerprint density at radius 2 is 2.10 bits per heavy atom. The van der Waals surface area contributed by atoms with Crippen LogP contribution in [0.1, 0.15) is 25.7 Å². The van der Waals surface area contributed by atoms with Crippen LogP contribution >= 0.6 is 0 Å². The van der Waals surface area contributed by atoms with Crippen LogP contribution in [0.5, 0.6) is 0 Å². The molecule has 2 nitrogen and oxygen atoms in total. The van der Waals surface area contributed by atoms with Crippen LogP contribution in [0.3, 0.4) is 0 Å². The molecule has 2 aliphatic heterocycles. The maximum Gasteiger partial charge on any atom is 0.0110 e. The second kappa shape index (κ2) is 2.51. The van der Waals surface area contributed by atoms with E-state index in [4.69, 9.17) is 5.73 Å². The highest BCUT2D eigenvalue weighted by molar-refractivity contribution is 4.87. The number of hydrogen-bond donors (Lipinski definition) is 1. The summed E-state index contributed by atoms with van der Waals surface area (Å²) in [5.74, 6) is 0. The van der Waals surface area contributed by atoms with Crippen molar-refractivity contribution in [2.75, 3.05) is 13.1 Å². The van der Waals surface area contributed by atoms with Gasteiger partial charge in [-0.3, -0.25) is 0 Å². The van der Waals surface area contributed by atoms with Crippen molar-refractivity contribution in [3.63, 3.8) is 0 Å². The van der Waals surface area contributed by atoms with Crippen molar-refractivity contribution in [2.45, 2.75) is 37.8 Å². The molecule has 0 radical (unpaired) electrons. The Morgan fingerprint density at radius 1 is 1.20 bits per heavy atom. The fraction of sp³-hybridized carbons (Fsp3) is 1.00. The summed E-state index contributed by atoms with van der Waals surface area (Å²) in [5, 5.41) is 0. The van der Waals surface area contributed by atoms with E-state index in [1.165, 1.54) is 38.8 Å². The summed E-state index contributed by atoms with van der Waals surface area (Å²) in [4.78, 5) is 2.60. The van der Waals surface area contributed by atoms with Gasteiger partial charge in [0.05, 0.1) is 0 Å². The first-order valence-corrected chi connectivity index (χ1v) is 4.36. The second-order valence-electron chi connectivity index (χ2n) is 3.62. The van der Waals surface area contributed by atoms with Crippen LogP contribution in [0.4, 0.5) is 0 Å². The Hall–Kier alpha value is -0.0800. The quantitative estimate of drug-likeness (QED) is 0.533. The van der Waals surface area contributed by atoms with Crippen LogP contribution in [0.25, 0.3) is 0 Å². The van der Waals surface area contributed by atoms with E-state index in [0.717, 1.165) is 6.04 Å². The summed E-state index contributed by atoms with van der Waals surface area (Å²) in [6.07, 6.45) is 5.27. The van der Waals surface area contributed by atoms with Gasteiger partial charge in [-0.2, -0.15) is 0 Å². The largest absolute Gasteiger partial charge is 0.328 e. The summed E-state index contributed by atoms with van der Waals surface area (Å²) in [7, 11) is 0. The topological polar surface area (TPSA) is 29.3 Å². The molecule has 0 aliphatic carbocycles. The van der Waals surface area contributed by atoms with Crippen LogP contribution in [0.15, 0.2) is 0 Å². The lowest BCUT2D eigenvalue weighted by atomic mass is 9.99. The van der Waals surface area contributed by atoms with Crippen molar-refractivity contribution in [2.24, 2.45) is 5.73 Å². The molecule has 2 N–H and O–H groups in total. The zero-order chi connectivity index (χ0) is 6.97. The van der Waals surface area contributed by atoms with E-state index in [1.54, 1.807) is 0 Å². The van der Waals surface area contributed by atoms with Crippen molar-refractivity contribution in [1.29, 1.82) is 0 Å². The molecule has 2 fully saturated rings. The van der Waals surface area contributed by atoms with E-state index < -0.39 is 0 Å². The van der Waals surface area contributed by atoms with Gasteiger partial charge in [-0.25, -0.2) is 0 Å². The third-order valence-electron chi connectivity index (χ3n) is 2.86. The third-order valence-corrected chi connectivity index (χ3v) is 2.86. The number of nitrogens with two attached hydrogens (primary N) is 1. The van der Waals surface area contributed by atoms with Gasteiger partial charge in [-0.15, -0.1) is 0 Å². The predicted molar refractivity (Wildman–Crippen MR) is 41.8 cm³/mol. The Labute approximate surface area is 62.4 Å². The van der Waals surface area contributed by atoms with Gasteiger partial charge in [0, 0.05) is 12.1 Å². The van der Waals surface area contributed by atoms with Gasteiger partial charge in [-0.1, -0.05) is 0 Å². The lowest BCUT2D eigenvalue weighted by molar-refractivity contribution is 0.182. The van der Waals surface area contributed by atoms with Gasteiger partial charge in [0.15, 0.2) is 0 Å². The fourth-order valence-electron chi connectivity index (χ4n) is 2.26. The SMILES string of the molecule is NC1CCN2CCCC2C1. The molecular weight excluding hydrogens is 124 g/mol. The summed E-state index contributed by atoms with van der Waals surface area (Å²) in [6, 6.07) is 1.35. The molecule has 2 unspecified atom stereocenters. The molecule has 58 valence electrons. The minimum atomic E-state index is 0.499. The lowest BCUT2D eigenvalue weighted by Crippen LogP contribution is -2.43.